The van der Waals surface area contributed by atoms with E-state index >= 15 is 0 Å². The van der Waals surface area contributed by atoms with E-state index in [1.807, 2.05) is 0 Å². The third kappa shape index (κ3) is 3.74. The number of carbonyl (C=O) groups excluding carboxylic acids is 1. The lowest BCUT2D eigenvalue weighted by Crippen LogP contribution is -2.25. The molecule has 0 fully saturated rings. The second-order valence-electron chi connectivity index (χ2n) is 5.79. The van der Waals surface area contributed by atoms with Crippen LogP contribution in [0, 0.1) is 0 Å². The highest BCUT2D eigenvalue weighted by atomic mass is 32.2. The first-order valence-corrected chi connectivity index (χ1v) is 9.78. The van der Waals surface area contributed by atoms with Gasteiger partial charge in [0.2, 0.25) is 15.9 Å². The predicted molar refractivity (Wildman–Crippen MR) is 94.6 cm³/mol. The van der Waals surface area contributed by atoms with Crippen LogP contribution in [0.25, 0.3) is 0 Å². The van der Waals surface area contributed by atoms with Crippen molar-refractivity contribution in [1.82, 2.24) is 5.01 Å². The summed E-state index contributed by atoms with van der Waals surface area (Å²) in [6, 6.07) is 10.2. The van der Waals surface area contributed by atoms with Crippen LogP contribution in [0.5, 0.6) is 0 Å². The molecule has 1 aromatic carbocycles. The van der Waals surface area contributed by atoms with Crippen LogP contribution in [0.4, 0.5) is 5.69 Å². The van der Waals surface area contributed by atoms with Crippen molar-refractivity contribution < 1.29 is 17.6 Å². The summed E-state index contributed by atoms with van der Waals surface area (Å²) >= 11 is 0. The highest BCUT2D eigenvalue weighted by molar-refractivity contribution is 7.92. The average Bonchev–Trinajstić information content (AvgIpc) is 3.22. The van der Waals surface area contributed by atoms with Gasteiger partial charge in [-0.25, -0.2) is 13.4 Å². The fraction of sp³-hybridized carbons (Fsp3) is 0.294. The maximum atomic E-state index is 12.3. The summed E-state index contributed by atoms with van der Waals surface area (Å²) in [5, 5.41) is 5.88. The van der Waals surface area contributed by atoms with E-state index in [1.54, 1.807) is 49.6 Å². The molecular formula is C17H19N3O4S. The van der Waals surface area contributed by atoms with Crippen LogP contribution in [0.3, 0.4) is 0 Å². The number of amides is 1. The van der Waals surface area contributed by atoms with Gasteiger partial charge in [0.1, 0.15) is 11.8 Å². The van der Waals surface area contributed by atoms with Crippen LogP contribution in [0.15, 0.2) is 52.2 Å². The van der Waals surface area contributed by atoms with Crippen molar-refractivity contribution in [2.24, 2.45) is 5.10 Å². The van der Waals surface area contributed by atoms with Crippen LogP contribution >= 0.6 is 0 Å². The fourth-order valence-electron chi connectivity index (χ4n) is 2.79. The second kappa shape index (κ2) is 6.72. The molecule has 1 amide bonds. The molecule has 1 N–H and O–H groups in total. The van der Waals surface area contributed by atoms with Gasteiger partial charge in [0.25, 0.3) is 0 Å². The summed E-state index contributed by atoms with van der Waals surface area (Å²) in [4.78, 5) is 12.3. The number of hydrogen-bond acceptors (Lipinski definition) is 5. The first-order valence-electron chi connectivity index (χ1n) is 7.89. The minimum absolute atomic E-state index is 0.120. The van der Waals surface area contributed by atoms with E-state index < -0.39 is 10.0 Å². The van der Waals surface area contributed by atoms with E-state index in [1.165, 1.54) is 5.01 Å². The molecule has 0 bridgehead atoms. The lowest BCUT2D eigenvalue weighted by molar-refractivity contribution is -0.133. The van der Waals surface area contributed by atoms with E-state index in [9.17, 15) is 13.2 Å². The van der Waals surface area contributed by atoms with Gasteiger partial charge >= 0.3 is 0 Å². The Morgan fingerprint density at radius 2 is 2.08 bits per heavy atom. The Bertz CT molecular complexity index is 904. The number of nitrogens with one attached hydrogen (secondary N) is 1. The molecule has 3 rings (SSSR count). The van der Waals surface area contributed by atoms with E-state index in [4.69, 9.17) is 4.42 Å². The minimum atomic E-state index is -3.42. The summed E-state index contributed by atoms with van der Waals surface area (Å²) in [5.41, 5.74) is 1.72. The normalized spacial score (nSPS) is 17.4. The fourth-order valence-corrected chi connectivity index (χ4v) is 3.37. The Morgan fingerprint density at radius 1 is 1.32 bits per heavy atom. The van der Waals surface area contributed by atoms with Crippen molar-refractivity contribution in [2.45, 2.75) is 25.8 Å². The van der Waals surface area contributed by atoms with Crippen molar-refractivity contribution in [3.63, 3.8) is 0 Å². The molecule has 2 aromatic rings. The number of carbonyl (C=O) groups is 1. The maximum Gasteiger partial charge on any atom is 0.243 e. The highest BCUT2D eigenvalue weighted by Crippen LogP contribution is 2.35. The summed E-state index contributed by atoms with van der Waals surface area (Å²) in [6.45, 7) is 1.77. The third-order valence-corrected chi connectivity index (χ3v) is 4.46. The Labute approximate surface area is 146 Å². The molecule has 0 unspecified atom stereocenters. The quantitative estimate of drug-likeness (QED) is 0.886. The van der Waals surface area contributed by atoms with E-state index in [0.29, 0.717) is 35.6 Å². The molecule has 1 aromatic heterocycles. The molecule has 25 heavy (non-hydrogen) atoms. The van der Waals surface area contributed by atoms with Gasteiger partial charge < -0.3 is 4.42 Å². The number of sulfonamides is 1. The summed E-state index contributed by atoms with van der Waals surface area (Å²) in [5.74, 6) is 0.527. The zero-order chi connectivity index (χ0) is 18.0. The van der Waals surface area contributed by atoms with Gasteiger partial charge in [-0.3, -0.25) is 9.52 Å². The van der Waals surface area contributed by atoms with Gasteiger partial charge in [-0.1, -0.05) is 25.1 Å². The monoisotopic (exact) mass is 361 g/mol. The number of hydrogen-bond donors (Lipinski definition) is 1. The minimum Gasteiger partial charge on any atom is -0.467 e. The molecule has 0 saturated carbocycles. The first kappa shape index (κ1) is 17.2. The third-order valence-electron chi connectivity index (χ3n) is 3.87. The van der Waals surface area contributed by atoms with Crippen molar-refractivity contribution in [3.8, 4) is 0 Å². The topological polar surface area (TPSA) is 92.0 Å². The van der Waals surface area contributed by atoms with Gasteiger partial charge in [0.15, 0.2) is 0 Å². The zero-order valence-corrected chi connectivity index (χ0v) is 14.8. The van der Waals surface area contributed by atoms with Crippen molar-refractivity contribution in [3.05, 3.63) is 54.0 Å². The van der Waals surface area contributed by atoms with Crippen LogP contribution in [-0.4, -0.2) is 31.3 Å². The number of hydrazone groups is 1. The summed E-state index contributed by atoms with van der Waals surface area (Å²) in [6.07, 6.45) is 3.42. The molecule has 0 saturated heterocycles. The van der Waals surface area contributed by atoms with Gasteiger partial charge in [0.05, 0.1) is 23.9 Å². The number of anilines is 1. The van der Waals surface area contributed by atoms with Gasteiger partial charge in [-0.05, 0) is 18.2 Å². The predicted octanol–water partition coefficient (Wildman–Crippen LogP) is 2.74. The molecule has 1 aliphatic rings. The number of furan rings is 1. The molecule has 8 heteroatoms. The van der Waals surface area contributed by atoms with E-state index in [-0.39, 0.29) is 11.9 Å². The molecule has 0 radical (unpaired) electrons. The van der Waals surface area contributed by atoms with Crippen molar-refractivity contribution in [1.29, 1.82) is 0 Å². The smallest absolute Gasteiger partial charge is 0.243 e. The van der Waals surface area contributed by atoms with Gasteiger partial charge in [-0.2, -0.15) is 5.10 Å². The van der Waals surface area contributed by atoms with Crippen LogP contribution in [0.2, 0.25) is 0 Å². The maximum absolute atomic E-state index is 12.3. The lowest BCUT2D eigenvalue weighted by atomic mass is 10.0. The zero-order valence-electron chi connectivity index (χ0n) is 14.0. The molecule has 2 heterocycles. The van der Waals surface area contributed by atoms with Crippen molar-refractivity contribution in [2.75, 3.05) is 11.0 Å². The number of rotatable bonds is 5. The van der Waals surface area contributed by atoms with Gasteiger partial charge in [0, 0.05) is 18.4 Å². The van der Waals surface area contributed by atoms with E-state index in [0.717, 1.165) is 6.26 Å². The molecular weight excluding hydrogens is 342 g/mol. The molecule has 132 valence electrons. The first-order chi connectivity index (χ1) is 11.9. The lowest BCUT2D eigenvalue weighted by Gasteiger charge is -2.18. The Balaban J connectivity index is 1.99. The molecule has 1 atom stereocenters. The van der Waals surface area contributed by atoms with Crippen LogP contribution in [0.1, 0.15) is 37.1 Å². The van der Waals surface area contributed by atoms with Crippen LogP contribution in [-0.2, 0) is 14.8 Å². The molecule has 0 spiro atoms. The number of nitrogens with zero attached hydrogens (tertiary/aromatic N) is 2. The second-order valence-corrected chi connectivity index (χ2v) is 7.54. The molecule has 0 aliphatic carbocycles. The average molecular weight is 361 g/mol. The molecule has 1 aliphatic heterocycles. The standard InChI is InChI=1S/C17H19N3O4S/c1-3-17(21)20-15(16-9-6-10-24-16)11-14(18-20)12-7-4-5-8-13(12)19-25(2,22)23/h4-10,15,19H,3,11H2,1-2H3/t15-/m0/s1. The Kier molecular flexibility index (Phi) is 4.63. The highest BCUT2D eigenvalue weighted by Gasteiger charge is 2.34. The number of benzene rings is 1. The largest absolute Gasteiger partial charge is 0.467 e. The van der Waals surface area contributed by atoms with Crippen molar-refractivity contribution >= 4 is 27.3 Å². The Morgan fingerprint density at radius 3 is 2.72 bits per heavy atom. The molecule has 7 nitrogen and oxygen atoms in total. The van der Waals surface area contributed by atoms with E-state index in [2.05, 4.69) is 9.82 Å². The number of para-hydroxylation sites is 1. The SMILES string of the molecule is CCC(=O)N1N=C(c2ccccc2NS(C)(=O)=O)C[C@H]1c1ccco1. The van der Waals surface area contributed by atoms with Crippen LogP contribution < -0.4 is 4.72 Å². The summed E-state index contributed by atoms with van der Waals surface area (Å²) in [7, 11) is -3.42. The van der Waals surface area contributed by atoms with Gasteiger partial charge in [-0.15, -0.1) is 0 Å². The Hall–Kier alpha value is -2.61. The summed E-state index contributed by atoms with van der Waals surface area (Å²) < 4.78 is 31.2.